The van der Waals surface area contributed by atoms with E-state index in [-0.39, 0.29) is 23.6 Å². The first kappa shape index (κ1) is 18.3. The van der Waals surface area contributed by atoms with Crippen molar-refractivity contribution < 1.29 is 19.0 Å². The maximum absolute atomic E-state index is 13.2. The summed E-state index contributed by atoms with van der Waals surface area (Å²) in [7, 11) is 0. The SMILES string of the molecule is C[C@@H]1CN(C(=O)CCc2cccc(F)c2)CC[C@@]1(O)C1CCOCC1. The van der Waals surface area contributed by atoms with Crippen molar-refractivity contribution in [2.24, 2.45) is 11.8 Å². The third kappa shape index (κ3) is 4.21. The highest BCUT2D eigenvalue weighted by atomic mass is 19.1. The van der Waals surface area contributed by atoms with Gasteiger partial charge in [0.1, 0.15) is 5.82 Å². The standard InChI is InChI=1S/C20H28FNO3/c1-15-14-22(10-9-20(15,24)17-7-11-25-12-8-17)19(23)6-5-16-3-2-4-18(21)13-16/h2-4,13,15,17,24H,5-12,14H2,1H3/t15-,20+/m1/s1. The van der Waals surface area contributed by atoms with E-state index in [1.165, 1.54) is 12.1 Å². The molecule has 4 nitrogen and oxygen atoms in total. The summed E-state index contributed by atoms with van der Waals surface area (Å²) in [5.74, 6) is 0.145. The van der Waals surface area contributed by atoms with Gasteiger partial charge in [0, 0.05) is 38.6 Å². The van der Waals surface area contributed by atoms with Crippen molar-refractivity contribution in [2.75, 3.05) is 26.3 Å². The maximum atomic E-state index is 13.2. The molecule has 2 saturated heterocycles. The number of nitrogens with zero attached hydrogens (tertiary/aromatic N) is 1. The first-order valence-corrected chi connectivity index (χ1v) is 9.31. The van der Waals surface area contributed by atoms with E-state index in [2.05, 4.69) is 0 Å². The van der Waals surface area contributed by atoms with Crippen LogP contribution in [0.15, 0.2) is 24.3 Å². The Morgan fingerprint density at radius 1 is 1.40 bits per heavy atom. The van der Waals surface area contributed by atoms with Crippen molar-refractivity contribution in [3.8, 4) is 0 Å². The molecule has 1 aromatic rings. The third-order valence-corrected chi connectivity index (χ3v) is 5.93. The number of hydrogen-bond donors (Lipinski definition) is 1. The summed E-state index contributed by atoms with van der Waals surface area (Å²) in [6, 6.07) is 6.41. The fourth-order valence-electron chi connectivity index (χ4n) is 4.27. The quantitative estimate of drug-likeness (QED) is 0.909. The number of halogens is 1. The summed E-state index contributed by atoms with van der Waals surface area (Å²) in [5.41, 5.74) is 0.153. The van der Waals surface area contributed by atoms with Gasteiger partial charge in [-0.25, -0.2) is 4.39 Å². The largest absolute Gasteiger partial charge is 0.389 e. The highest BCUT2D eigenvalue weighted by molar-refractivity contribution is 5.76. The van der Waals surface area contributed by atoms with Gasteiger partial charge < -0.3 is 14.7 Å². The van der Waals surface area contributed by atoms with Gasteiger partial charge >= 0.3 is 0 Å². The Morgan fingerprint density at radius 3 is 2.84 bits per heavy atom. The summed E-state index contributed by atoms with van der Waals surface area (Å²) in [5, 5.41) is 11.2. The normalized spacial score (nSPS) is 28.1. The molecule has 0 aromatic heterocycles. The molecule has 0 bridgehead atoms. The Balaban J connectivity index is 1.54. The molecular weight excluding hydrogens is 321 g/mol. The van der Waals surface area contributed by atoms with E-state index in [0.717, 1.165) is 31.6 Å². The predicted molar refractivity (Wildman–Crippen MR) is 93.6 cm³/mol. The molecule has 0 unspecified atom stereocenters. The molecule has 2 fully saturated rings. The molecule has 2 atom stereocenters. The average molecular weight is 349 g/mol. The molecule has 138 valence electrons. The van der Waals surface area contributed by atoms with Crippen LogP contribution in [0, 0.1) is 17.7 Å². The van der Waals surface area contributed by atoms with E-state index >= 15 is 0 Å². The van der Waals surface area contributed by atoms with Gasteiger partial charge in [-0.2, -0.15) is 0 Å². The van der Waals surface area contributed by atoms with Crippen LogP contribution in [0.3, 0.4) is 0 Å². The first-order chi connectivity index (χ1) is 12.0. The van der Waals surface area contributed by atoms with Gasteiger partial charge in [-0.05, 0) is 49.3 Å². The van der Waals surface area contributed by atoms with Gasteiger partial charge in [-0.15, -0.1) is 0 Å². The van der Waals surface area contributed by atoms with Crippen molar-refractivity contribution in [1.82, 2.24) is 4.90 Å². The Labute approximate surface area is 149 Å². The highest BCUT2D eigenvalue weighted by Gasteiger charge is 2.45. The average Bonchev–Trinajstić information content (AvgIpc) is 2.63. The minimum atomic E-state index is -0.691. The molecule has 1 N–H and O–H groups in total. The second kappa shape index (κ2) is 7.83. The lowest BCUT2D eigenvalue weighted by atomic mass is 9.70. The molecule has 1 aromatic carbocycles. The fourth-order valence-corrected chi connectivity index (χ4v) is 4.27. The third-order valence-electron chi connectivity index (χ3n) is 5.93. The second-order valence-electron chi connectivity index (χ2n) is 7.50. The number of aliphatic hydroxyl groups is 1. The molecule has 0 spiro atoms. The van der Waals surface area contributed by atoms with E-state index in [0.29, 0.717) is 32.4 Å². The van der Waals surface area contributed by atoms with Crippen molar-refractivity contribution in [1.29, 1.82) is 0 Å². The maximum Gasteiger partial charge on any atom is 0.222 e. The van der Waals surface area contributed by atoms with Crippen molar-refractivity contribution >= 4 is 5.91 Å². The van der Waals surface area contributed by atoms with Gasteiger partial charge in [0.25, 0.3) is 0 Å². The van der Waals surface area contributed by atoms with E-state index in [9.17, 15) is 14.3 Å². The lowest BCUT2D eigenvalue weighted by molar-refractivity contribution is -0.151. The van der Waals surface area contributed by atoms with Crippen LogP contribution in [-0.4, -0.2) is 47.8 Å². The molecule has 0 aliphatic carbocycles. The number of piperidine rings is 1. The van der Waals surface area contributed by atoms with E-state index in [4.69, 9.17) is 4.74 Å². The zero-order valence-electron chi connectivity index (χ0n) is 14.9. The number of likely N-dealkylation sites (tertiary alicyclic amines) is 1. The molecule has 0 radical (unpaired) electrons. The zero-order valence-corrected chi connectivity index (χ0v) is 14.9. The summed E-state index contributed by atoms with van der Waals surface area (Å²) in [6.07, 6.45) is 3.35. The molecule has 2 aliphatic heterocycles. The molecule has 2 aliphatic rings. The molecule has 5 heteroatoms. The Morgan fingerprint density at radius 2 is 2.16 bits per heavy atom. The summed E-state index contributed by atoms with van der Waals surface area (Å²) >= 11 is 0. The van der Waals surface area contributed by atoms with E-state index in [1.807, 2.05) is 17.9 Å². The lowest BCUT2D eigenvalue weighted by Crippen LogP contribution is -2.56. The van der Waals surface area contributed by atoms with Crippen LogP contribution in [0.4, 0.5) is 4.39 Å². The van der Waals surface area contributed by atoms with Gasteiger partial charge in [0.2, 0.25) is 5.91 Å². The smallest absolute Gasteiger partial charge is 0.222 e. The summed E-state index contributed by atoms with van der Waals surface area (Å²) < 4.78 is 18.6. The molecule has 2 heterocycles. The minimum Gasteiger partial charge on any atom is -0.389 e. The number of amides is 1. The number of aryl methyl sites for hydroxylation is 1. The minimum absolute atomic E-state index is 0.0578. The van der Waals surface area contributed by atoms with Crippen molar-refractivity contribution in [2.45, 2.75) is 44.6 Å². The molecule has 1 amide bonds. The van der Waals surface area contributed by atoms with Crippen LogP contribution in [0.1, 0.15) is 38.2 Å². The number of carbonyl (C=O) groups excluding carboxylic acids is 1. The van der Waals surface area contributed by atoms with Crippen LogP contribution in [0.25, 0.3) is 0 Å². The molecule has 0 saturated carbocycles. The number of carbonyl (C=O) groups is 1. The van der Waals surface area contributed by atoms with Crippen LogP contribution in [0.5, 0.6) is 0 Å². The van der Waals surface area contributed by atoms with Crippen molar-refractivity contribution in [3.05, 3.63) is 35.6 Å². The lowest BCUT2D eigenvalue weighted by Gasteiger charge is -2.48. The van der Waals surface area contributed by atoms with Crippen LogP contribution >= 0.6 is 0 Å². The number of ether oxygens (including phenoxy) is 1. The second-order valence-corrected chi connectivity index (χ2v) is 7.50. The van der Waals surface area contributed by atoms with Gasteiger partial charge in [0.05, 0.1) is 5.60 Å². The van der Waals surface area contributed by atoms with Crippen LogP contribution < -0.4 is 0 Å². The Bertz CT molecular complexity index is 602. The monoisotopic (exact) mass is 349 g/mol. The molecule has 25 heavy (non-hydrogen) atoms. The number of rotatable bonds is 4. The molecule has 3 rings (SSSR count). The Hall–Kier alpha value is -1.46. The van der Waals surface area contributed by atoms with Gasteiger partial charge in [-0.1, -0.05) is 19.1 Å². The van der Waals surface area contributed by atoms with E-state index < -0.39 is 5.60 Å². The number of benzene rings is 1. The summed E-state index contributed by atoms with van der Waals surface area (Å²) in [6.45, 7) is 4.67. The topological polar surface area (TPSA) is 49.8 Å². The summed E-state index contributed by atoms with van der Waals surface area (Å²) in [4.78, 5) is 14.4. The fraction of sp³-hybridized carbons (Fsp3) is 0.650. The Kier molecular flexibility index (Phi) is 5.74. The van der Waals surface area contributed by atoms with Crippen LogP contribution in [0.2, 0.25) is 0 Å². The first-order valence-electron chi connectivity index (χ1n) is 9.31. The molecular formula is C20H28FNO3. The van der Waals surface area contributed by atoms with Gasteiger partial charge in [0.15, 0.2) is 0 Å². The van der Waals surface area contributed by atoms with Crippen molar-refractivity contribution in [3.63, 3.8) is 0 Å². The van der Waals surface area contributed by atoms with E-state index in [1.54, 1.807) is 6.07 Å². The predicted octanol–water partition coefficient (Wildman–Crippen LogP) is 2.78. The van der Waals surface area contributed by atoms with Crippen LogP contribution in [-0.2, 0) is 16.0 Å². The zero-order chi connectivity index (χ0) is 17.9. The highest BCUT2D eigenvalue weighted by Crippen LogP contribution is 2.39. The van der Waals surface area contributed by atoms with Gasteiger partial charge in [-0.3, -0.25) is 4.79 Å². The number of hydrogen-bond acceptors (Lipinski definition) is 3.